The molecular formula is C35H56NO3+. The first kappa shape index (κ1) is 32.9. The number of quaternary nitrogens is 1. The number of benzene rings is 2. The predicted molar refractivity (Wildman–Crippen MR) is 164 cm³/mol. The van der Waals surface area contributed by atoms with Crippen LogP contribution in [0.3, 0.4) is 0 Å². The normalized spacial score (nSPS) is 12.3. The summed E-state index contributed by atoms with van der Waals surface area (Å²) in [5.74, 6) is 0.689. The smallest absolute Gasteiger partial charge is 0.306 e. The van der Waals surface area contributed by atoms with Crippen LogP contribution in [0, 0.1) is 0 Å². The van der Waals surface area contributed by atoms with Crippen LogP contribution in [-0.4, -0.2) is 43.8 Å². The van der Waals surface area contributed by atoms with E-state index in [4.69, 9.17) is 9.47 Å². The molecule has 0 saturated carbocycles. The van der Waals surface area contributed by atoms with E-state index in [-0.39, 0.29) is 18.7 Å². The summed E-state index contributed by atoms with van der Waals surface area (Å²) < 4.78 is 12.3. The lowest BCUT2D eigenvalue weighted by atomic mass is 10.0. The first-order valence-electron chi connectivity index (χ1n) is 15.6. The molecule has 0 aliphatic heterocycles. The van der Waals surface area contributed by atoms with Crippen LogP contribution in [0.5, 0.6) is 5.75 Å². The van der Waals surface area contributed by atoms with Crippen LogP contribution in [-0.2, 0) is 22.5 Å². The number of hydrogen-bond donors (Lipinski definition) is 0. The van der Waals surface area contributed by atoms with Gasteiger partial charge in [0.1, 0.15) is 25.0 Å². The summed E-state index contributed by atoms with van der Waals surface area (Å²) in [5, 5.41) is 0. The molecule has 0 N–H and O–H groups in total. The van der Waals surface area contributed by atoms with Crippen LogP contribution in [0.4, 0.5) is 0 Å². The molecular weight excluding hydrogens is 482 g/mol. The standard InChI is InChI=1S/C35H56NO3/c1-5-6-7-8-9-10-11-12-13-14-16-20-32-24-26-34(27-25-32)39-31(2)30-38-35(37)23-19-28-36(3,4)29-33-21-17-15-18-22-33/h15,17-18,21-22,24-27,31H,5-14,16,19-20,23,28-30H2,1-4H3/q+1. The third-order valence-electron chi connectivity index (χ3n) is 7.41. The highest BCUT2D eigenvalue weighted by molar-refractivity contribution is 5.69. The fourth-order valence-corrected chi connectivity index (χ4v) is 5.08. The van der Waals surface area contributed by atoms with Crippen LogP contribution in [0.15, 0.2) is 54.6 Å². The van der Waals surface area contributed by atoms with E-state index in [9.17, 15) is 4.79 Å². The highest BCUT2D eigenvalue weighted by Crippen LogP contribution is 2.17. The average Bonchev–Trinajstić information content (AvgIpc) is 2.91. The molecule has 2 aromatic rings. The van der Waals surface area contributed by atoms with E-state index in [0.29, 0.717) is 6.42 Å². The minimum absolute atomic E-state index is 0.146. The van der Waals surface area contributed by atoms with Crippen LogP contribution < -0.4 is 4.74 Å². The number of hydrogen-bond acceptors (Lipinski definition) is 3. The molecule has 4 heteroatoms. The molecule has 218 valence electrons. The molecule has 4 nitrogen and oxygen atoms in total. The summed E-state index contributed by atoms with van der Waals surface area (Å²) in [6, 6.07) is 18.9. The third-order valence-corrected chi connectivity index (χ3v) is 7.41. The van der Waals surface area contributed by atoms with Crippen molar-refractivity contribution in [3.63, 3.8) is 0 Å². The zero-order valence-electron chi connectivity index (χ0n) is 25.5. The third kappa shape index (κ3) is 16.4. The van der Waals surface area contributed by atoms with Gasteiger partial charge in [-0.15, -0.1) is 0 Å². The second-order valence-corrected chi connectivity index (χ2v) is 11.9. The van der Waals surface area contributed by atoms with Crippen LogP contribution in [0.2, 0.25) is 0 Å². The first-order chi connectivity index (χ1) is 18.9. The van der Waals surface area contributed by atoms with E-state index in [1.807, 2.05) is 25.1 Å². The number of esters is 1. The molecule has 1 unspecified atom stereocenters. The lowest BCUT2D eigenvalue weighted by Gasteiger charge is -2.29. The number of carbonyl (C=O) groups is 1. The topological polar surface area (TPSA) is 35.5 Å². The fourth-order valence-electron chi connectivity index (χ4n) is 5.08. The van der Waals surface area contributed by atoms with Gasteiger partial charge in [0, 0.05) is 12.0 Å². The van der Waals surface area contributed by atoms with Crippen LogP contribution in [0.1, 0.15) is 108 Å². The zero-order chi connectivity index (χ0) is 28.2. The molecule has 0 radical (unpaired) electrons. The molecule has 0 bridgehead atoms. The molecule has 0 heterocycles. The molecule has 0 aromatic heterocycles. The second kappa shape index (κ2) is 19.7. The van der Waals surface area contributed by atoms with E-state index in [1.54, 1.807) is 0 Å². The zero-order valence-corrected chi connectivity index (χ0v) is 25.5. The van der Waals surface area contributed by atoms with Crippen molar-refractivity contribution in [2.75, 3.05) is 27.2 Å². The van der Waals surface area contributed by atoms with Crippen LogP contribution >= 0.6 is 0 Å². The summed E-state index contributed by atoms with van der Waals surface area (Å²) >= 11 is 0. The van der Waals surface area contributed by atoms with Gasteiger partial charge < -0.3 is 14.0 Å². The Morgan fingerprint density at radius 2 is 1.33 bits per heavy atom. The molecule has 0 saturated heterocycles. The van der Waals surface area contributed by atoms with E-state index in [2.05, 4.69) is 57.4 Å². The quantitative estimate of drug-likeness (QED) is 0.0853. The van der Waals surface area contributed by atoms with Crippen molar-refractivity contribution in [3.8, 4) is 5.75 Å². The van der Waals surface area contributed by atoms with Gasteiger partial charge in [0.15, 0.2) is 0 Å². The molecule has 0 fully saturated rings. The van der Waals surface area contributed by atoms with Crippen molar-refractivity contribution < 1.29 is 18.8 Å². The highest BCUT2D eigenvalue weighted by Gasteiger charge is 2.17. The first-order valence-corrected chi connectivity index (χ1v) is 15.6. The van der Waals surface area contributed by atoms with Crippen molar-refractivity contribution in [2.45, 2.75) is 116 Å². The molecule has 0 aliphatic rings. The molecule has 39 heavy (non-hydrogen) atoms. The van der Waals surface area contributed by atoms with Gasteiger partial charge in [-0.05, 0) is 37.5 Å². The van der Waals surface area contributed by atoms with Gasteiger partial charge in [-0.1, -0.05) is 114 Å². The van der Waals surface area contributed by atoms with Gasteiger partial charge in [0.25, 0.3) is 0 Å². The maximum absolute atomic E-state index is 12.3. The number of nitrogens with zero attached hydrogens (tertiary/aromatic N) is 1. The Morgan fingerprint density at radius 1 is 0.744 bits per heavy atom. The Labute approximate surface area is 239 Å². The van der Waals surface area contributed by atoms with E-state index >= 15 is 0 Å². The van der Waals surface area contributed by atoms with Crippen molar-refractivity contribution in [2.24, 2.45) is 0 Å². The monoisotopic (exact) mass is 538 g/mol. The fraction of sp³-hybridized carbons (Fsp3) is 0.629. The van der Waals surface area contributed by atoms with Crippen molar-refractivity contribution >= 4 is 5.97 Å². The highest BCUT2D eigenvalue weighted by atomic mass is 16.6. The summed E-state index contributed by atoms with van der Waals surface area (Å²) in [7, 11) is 4.41. The van der Waals surface area contributed by atoms with Crippen molar-refractivity contribution in [1.82, 2.24) is 0 Å². The molecule has 0 amide bonds. The van der Waals surface area contributed by atoms with Gasteiger partial charge in [-0.2, -0.15) is 0 Å². The summed E-state index contributed by atoms with van der Waals surface area (Å²) in [5.41, 5.74) is 2.68. The van der Waals surface area contributed by atoms with Crippen molar-refractivity contribution in [1.29, 1.82) is 0 Å². The molecule has 0 spiro atoms. The molecule has 1 atom stereocenters. The van der Waals surface area contributed by atoms with E-state index in [1.165, 1.54) is 81.8 Å². The summed E-state index contributed by atoms with van der Waals surface area (Å²) in [6.07, 6.45) is 17.3. The minimum Gasteiger partial charge on any atom is -0.487 e. The Hall–Kier alpha value is -2.33. The SMILES string of the molecule is CCCCCCCCCCCCCc1ccc(OC(C)COC(=O)CCC[N+](C)(C)Cc2ccccc2)cc1. The van der Waals surface area contributed by atoms with E-state index < -0.39 is 0 Å². The Morgan fingerprint density at radius 3 is 1.95 bits per heavy atom. The average molecular weight is 539 g/mol. The maximum atomic E-state index is 12.3. The molecule has 2 rings (SSSR count). The van der Waals surface area contributed by atoms with Gasteiger partial charge >= 0.3 is 5.97 Å². The van der Waals surface area contributed by atoms with Gasteiger partial charge in [-0.3, -0.25) is 4.79 Å². The number of ether oxygens (including phenoxy) is 2. The lowest BCUT2D eigenvalue weighted by molar-refractivity contribution is -0.903. The summed E-state index contributed by atoms with van der Waals surface area (Å²) in [4.78, 5) is 12.3. The number of rotatable bonds is 22. The Kier molecular flexibility index (Phi) is 16.6. The number of carbonyl (C=O) groups excluding carboxylic acids is 1. The van der Waals surface area contributed by atoms with Crippen molar-refractivity contribution in [3.05, 3.63) is 65.7 Å². The minimum atomic E-state index is -0.170. The van der Waals surface area contributed by atoms with Gasteiger partial charge in [0.05, 0.1) is 27.1 Å². The Bertz CT molecular complexity index is 879. The predicted octanol–water partition coefficient (Wildman–Crippen LogP) is 8.91. The van der Waals surface area contributed by atoms with E-state index in [0.717, 1.165) is 36.2 Å². The molecule has 0 aliphatic carbocycles. The maximum Gasteiger partial charge on any atom is 0.306 e. The second-order valence-electron chi connectivity index (χ2n) is 11.9. The number of unbranched alkanes of at least 4 members (excludes halogenated alkanes) is 10. The largest absolute Gasteiger partial charge is 0.487 e. The van der Waals surface area contributed by atoms with Crippen LogP contribution in [0.25, 0.3) is 0 Å². The number of aryl methyl sites for hydroxylation is 1. The van der Waals surface area contributed by atoms with Gasteiger partial charge in [0.2, 0.25) is 0 Å². The van der Waals surface area contributed by atoms with Gasteiger partial charge in [-0.25, -0.2) is 0 Å². The lowest BCUT2D eigenvalue weighted by Crippen LogP contribution is -2.39. The Balaban J connectivity index is 1.51. The molecule has 2 aromatic carbocycles. The summed E-state index contributed by atoms with van der Waals surface area (Å²) in [6.45, 7) is 6.40.